The van der Waals surface area contributed by atoms with Crippen molar-refractivity contribution in [2.24, 2.45) is 11.8 Å². The van der Waals surface area contributed by atoms with Crippen LogP contribution in [0.3, 0.4) is 0 Å². The van der Waals surface area contributed by atoms with Crippen molar-refractivity contribution < 1.29 is 4.79 Å². The lowest BCUT2D eigenvalue weighted by molar-refractivity contribution is -0.117. The van der Waals surface area contributed by atoms with Crippen LogP contribution in [0.15, 0.2) is 18.2 Å². The van der Waals surface area contributed by atoms with Gasteiger partial charge in [0, 0.05) is 18.8 Å². The lowest BCUT2D eigenvalue weighted by Crippen LogP contribution is -2.42. The Hall–Kier alpha value is -1.35. The average Bonchev–Trinajstić information content (AvgIpc) is 2.32. The van der Waals surface area contributed by atoms with Gasteiger partial charge in [0.1, 0.15) is 0 Å². The monoisotopic (exact) mass is 274 g/mol. The summed E-state index contributed by atoms with van der Waals surface area (Å²) in [6, 6.07) is 6.16. The molecule has 1 aliphatic rings. The fourth-order valence-electron chi connectivity index (χ4n) is 3.18. The van der Waals surface area contributed by atoms with E-state index in [0.29, 0.717) is 18.4 Å². The molecule has 1 saturated heterocycles. The van der Waals surface area contributed by atoms with Crippen molar-refractivity contribution in [1.82, 2.24) is 4.90 Å². The van der Waals surface area contributed by atoms with Crippen LogP contribution in [0.2, 0.25) is 0 Å². The zero-order valence-electron chi connectivity index (χ0n) is 13.1. The van der Waals surface area contributed by atoms with Crippen LogP contribution in [0.5, 0.6) is 0 Å². The highest BCUT2D eigenvalue weighted by atomic mass is 16.2. The molecule has 1 heterocycles. The summed E-state index contributed by atoms with van der Waals surface area (Å²) in [4.78, 5) is 14.5. The van der Waals surface area contributed by atoms with E-state index in [4.69, 9.17) is 0 Å². The molecule has 2 atom stereocenters. The Bertz CT molecular complexity index is 474. The van der Waals surface area contributed by atoms with Gasteiger partial charge in [0.2, 0.25) is 5.91 Å². The van der Waals surface area contributed by atoms with E-state index in [-0.39, 0.29) is 5.91 Å². The maximum atomic E-state index is 12.2. The molecule has 110 valence electrons. The molecular weight excluding hydrogens is 248 g/mol. The highest BCUT2D eigenvalue weighted by Crippen LogP contribution is 2.21. The second kappa shape index (κ2) is 6.40. The van der Waals surface area contributed by atoms with E-state index in [1.807, 2.05) is 19.9 Å². The van der Waals surface area contributed by atoms with E-state index in [9.17, 15) is 4.79 Å². The largest absolute Gasteiger partial charge is 0.325 e. The van der Waals surface area contributed by atoms with Crippen LogP contribution >= 0.6 is 0 Å². The fraction of sp³-hybridized carbons (Fsp3) is 0.588. The summed E-state index contributed by atoms with van der Waals surface area (Å²) in [5.74, 6) is 1.47. The number of amides is 1. The zero-order chi connectivity index (χ0) is 14.7. The van der Waals surface area contributed by atoms with E-state index >= 15 is 0 Å². The van der Waals surface area contributed by atoms with Crippen LogP contribution in [0.25, 0.3) is 0 Å². The number of nitrogens with zero attached hydrogens (tertiary/aromatic N) is 1. The quantitative estimate of drug-likeness (QED) is 0.918. The maximum absolute atomic E-state index is 12.2. The molecule has 0 aliphatic carbocycles. The molecule has 0 radical (unpaired) electrons. The van der Waals surface area contributed by atoms with Gasteiger partial charge in [-0.1, -0.05) is 26.0 Å². The molecule has 1 amide bonds. The summed E-state index contributed by atoms with van der Waals surface area (Å²) in [6.07, 6.45) is 1.27. The number of hydrogen-bond donors (Lipinski definition) is 1. The number of anilines is 1. The van der Waals surface area contributed by atoms with Crippen molar-refractivity contribution in [1.29, 1.82) is 0 Å². The second-order valence-electron chi connectivity index (χ2n) is 6.51. The molecular formula is C17H26N2O. The van der Waals surface area contributed by atoms with Crippen molar-refractivity contribution in [2.45, 2.75) is 34.1 Å². The van der Waals surface area contributed by atoms with Crippen molar-refractivity contribution in [2.75, 3.05) is 25.0 Å². The molecule has 1 aromatic rings. The van der Waals surface area contributed by atoms with Gasteiger partial charge in [-0.2, -0.15) is 0 Å². The Labute approximate surface area is 122 Å². The first-order chi connectivity index (χ1) is 9.44. The second-order valence-corrected chi connectivity index (χ2v) is 6.51. The smallest absolute Gasteiger partial charge is 0.238 e. The molecule has 20 heavy (non-hydrogen) atoms. The number of nitrogens with one attached hydrogen (secondary N) is 1. The van der Waals surface area contributed by atoms with E-state index < -0.39 is 0 Å². The number of piperidine rings is 1. The summed E-state index contributed by atoms with van der Waals surface area (Å²) < 4.78 is 0. The van der Waals surface area contributed by atoms with Gasteiger partial charge in [-0.05, 0) is 49.3 Å². The van der Waals surface area contributed by atoms with Crippen LogP contribution in [-0.2, 0) is 4.79 Å². The summed E-state index contributed by atoms with van der Waals surface area (Å²) >= 11 is 0. The standard InChI is InChI=1S/C17H26N2O/c1-12-5-6-15(4)16(8-12)18-17(20)11-19-9-13(2)7-14(3)10-19/h5-6,8,13-14H,7,9-11H2,1-4H3,(H,18,20). The number of aryl methyl sites for hydroxylation is 2. The number of rotatable bonds is 3. The number of benzene rings is 1. The first kappa shape index (κ1) is 15.0. The first-order valence-electron chi connectivity index (χ1n) is 7.53. The van der Waals surface area contributed by atoms with E-state index in [0.717, 1.165) is 24.3 Å². The molecule has 1 aromatic carbocycles. The predicted octanol–water partition coefficient (Wildman–Crippen LogP) is 3.22. The molecule has 0 saturated carbocycles. The number of hydrogen-bond acceptors (Lipinski definition) is 2. The zero-order valence-corrected chi connectivity index (χ0v) is 13.1. The summed E-state index contributed by atoms with van der Waals surface area (Å²) in [7, 11) is 0. The van der Waals surface area contributed by atoms with Crippen LogP contribution in [0.1, 0.15) is 31.4 Å². The van der Waals surface area contributed by atoms with Gasteiger partial charge in [0.05, 0.1) is 6.54 Å². The maximum Gasteiger partial charge on any atom is 0.238 e. The van der Waals surface area contributed by atoms with Gasteiger partial charge < -0.3 is 5.32 Å². The topological polar surface area (TPSA) is 32.3 Å². The molecule has 3 nitrogen and oxygen atoms in total. The SMILES string of the molecule is Cc1ccc(C)c(NC(=O)CN2CC(C)CC(C)C2)c1. The minimum Gasteiger partial charge on any atom is -0.325 e. The van der Waals surface area contributed by atoms with Crippen molar-refractivity contribution in [3.8, 4) is 0 Å². The first-order valence-corrected chi connectivity index (χ1v) is 7.53. The minimum absolute atomic E-state index is 0.0972. The molecule has 1 aliphatic heterocycles. The highest BCUT2D eigenvalue weighted by molar-refractivity contribution is 5.93. The average molecular weight is 274 g/mol. The molecule has 2 rings (SSSR count). The van der Waals surface area contributed by atoms with Crippen LogP contribution < -0.4 is 5.32 Å². The fourth-order valence-corrected chi connectivity index (χ4v) is 3.18. The van der Waals surface area contributed by atoms with Crippen molar-refractivity contribution in [3.05, 3.63) is 29.3 Å². The molecule has 0 spiro atoms. The number of carbonyl (C=O) groups excluding carboxylic acids is 1. The summed E-state index contributed by atoms with van der Waals surface area (Å²) in [6.45, 7) is 11.2. The molecule has 1 fully saturated rings. The summed E-state index contributed by atoms with van der Waals surface area (Å²) in [5.41, 5.74) is 3.23. The molecule has 0 bridgehead atoms. The minimum atomic E-state index is 0.0972. The van der Waals surface area contributed by atoms with Crippen LogP contribution in [0, 0.1) is 25.7 Å². The van der Waals surface area contributed by atoms with E-state index in [1.165, 1.54) is 12.0 Å². The lowest BCUT2D eigenvalue weighted by Gasteiger charge is -2.34. The highest BCUT2D eigenvalue weighted by Gasteiger charge is 2.23. The Kier molecular flexibility index (Phi) is 4.81. The molecule has 3 heteroatoms. The Morgan fingerprint density at radius 3 is 2.55 bits per heavy atom. The van der Waals surface area contributed by atoms with Crippen molar-refractivity contribution >= 4 is 11.6 Å². The van der Waals surface area contributed by atoms with Crippen molar-refractivity contribution in [3.63, 3.8) is 0 Å². The lowest BCUT2D eigenvalue weighted by atomic mass is 9.92. The van der Waals surface area contributed by atoms with Gasteiger partial charge in [0.15, 0.2) is 0 Å². The number of likely N-dealkylation sites (tertiary alicyclic amines) is 1. The van der Waals surface area contributed by atoms with E-state index in [2.05, 4.69) is 36.2 Å². The molecule has 1 N–H and O–H groups in total. The third kappa shape index (κ3) is 4.07. The third-order valence-corrected chi connectivity index (χ3v) is 3.98. The Morgan fingerprint density at radius 1 is 1.25 bits per heavy atom. The van der Waals surface area contributed by atoms with E-state index in [1.54, 1.807) is 0 Å². The van der Waals surface area contributed by atoms with Crippen LogP contribution in [-0.4, -0.2) is 30.4 Å². The predicted molar refractivity (Wildman–Crippen MR) is 83.9 cm³/mol. The Balaban J connectivity index is 1.93. The Morgan fingerprint density at radius 2 is 1.90 bits per heavy atom. The number of carbonyl (C=O) groups is 1. The van der Waals surface area contributed by atoms with Gasteiger partial charge in [0.25, 0.3) is 0 Å². The van der Waals surface area contributed by atoms with Gasteiger partial charge in [-0.3, -0.25) is 9.69 Å². The summed E-state index contributed by atoms with van der Waals surface area (Å²) in [5, 5.41) is 3.05. The normalized spacial score (nSPS) is 23.6. The van der Waals surface area contributed by atoms with Crippen LogP contribution in [0.4, 0.5) is 5.69 Å². The van der Waals surface area contributed by atoms with Gasteiger partial charge >= 0.3 is 0 Å². The molecule has 0 aromatic heterocycles. The van der Waals surface area contributed by atoms with Gasteiger partial charge in [-0.25, -0.2) is 0 Å². The van der Waals surface area contributed by atoms with Gasteiger partial charge in [-0.15, -0.1) is 0 Å². The molecule has 2 unspecified atom stereocenters. The third-order valence-electron chi connectivity index (χ3n) is 3.98.